The lowest BCUT2D eigenvalue weighted by Crippen LogP contribution is -2.45. The third-order valence-corrected chi connectivity index (χ3v) is 5.90. The number of aryl methyl sites for hydroxylation is 1. The molecule has 3 aromatic rings. The van der Waals surface area contributed by atoms with Gasteiger partial charge in [0.15, 0.2) is 0 Å². The maximum absolute atomic E-state index is 14.5. The minimum Gasteiger partial charge on any atom is -0.497 e. The Labute approximate surface area is 168 Å². The Kier molecular flexibility index (Phi) is 5.70. The zero-order valence-electron chi connectivity index (χ0n) is 16.1. The number of benzene rings is 1. The number of aromatic amines is 1. The monoisotopic (exact) mass is 401 g/mol. The molecule has 1 N–H and O–H groups in total. The van der Waals surface area contributed by atoms with E-state index in [1.807, 2.05) is 6.92 Å². The quantitative estimate of drug-likeness (QED) is 0.687. The molecule has 1 aliphatic heterocycles. The van der Waals surface area contributed by atoms with Crippen molar-refractivity contribution in [3.8, 4) is 17.0 Å². The fourth-order valence-electron chi connectivity index (χ4n) is 3.55. The number of ether oxygens (including phenoxy) is 1. The van der Waals surface area contributed by atoms with Gasteiger partial charge in [-0.25, -0.2) is 9.37 Å². The van der Waals surface area contributed by atoms with Gasteiger partial charge in [-0.2, -0.15) is 5.10 Å². The van der Waals surface area contributed by atoms with E-state index in [-0.39, 0.29) is 5.82 Å². The summed E-state index contributed by atoms with van der Waals surface area (Å²) < 4.78 is 19.6. The van der Waals surface area contributed by atoms with Gasteiger partial charge in [0, 0.05) is 61.8 Å². The number of halogens is 1. The first kappa shape index (κ1) is 19.0. The third-order valence-electron chi connectivity index (χ3n) is 5.07. The van der Waals surface area contributed by atoms with E-state index in [9.17, 15) is 4.39 Å². The Morgan fingerprint density at radius 3 is 2.57 bits per heavy atom. The number of rotatable bonds is 6. The van der Waals surface area contributed by atoms with Crippen LogP contribution in [-0.4, -0.2) is 58.3 Å². The molecule has 0 unspecified atom stereocenters. The molecule has 1 saturated heterocycles. The lowest BCUT2D eigenvalue weighted by atomic mass is 10.1. The predicted octanol–water partition coefficient (Wildman–Crippen LogP) is 3.31. The van der Waals surface area contributed by atoms with E-state index in [2.05, 4.69) is 30.4 Å². The maximum Gasteiger partial charge on any atom is 0.136 e. The second kappa shape index (κ2) is 8.38. The van der Waals surface area contributed by atoms with Crippen molar-refractivity contribution >= 4 is 11.3 Å². The molecule has 1 fully saturated rings. The van der Waals surface area contributed by atoms with Gasteiger partial charge in [-0.15, -0.1) is 11.3 Å². The zero-order chi connectivity index (χ0) is 19.5. The van der Waals surface area contributed by atoms with Crippen molar-refractivity contribution in [3.05, 3.63) is 51.9 Å². The van der Waals surface area contributed by atoms with Crippen LogP contribution in [0.4, 0.5) is 4.39 Å². The number of aromatic nitrogens is 3. The molecule has 0 aliphatic carbocycles. The summed E-state index contributed by atoms with van der Waals surface area (Å²) in [4.78, 5) is 9.38. The normalized spacial score (nSPS) is 15.8. The van der Waals surface area contributed by atoms with Crippen molar-refractivity contribution in [2.75, 3.05) is 33.3 Å². The van der Waals surface area contributed by atoms with Crippen molar-refractivity contribution < 1.29 is 9.13 Å². The van der Waals surface area contributed by atoms with Crippen LogP contribution in [0, 0.1) is 12.7 Å². The summed E-state index contributed by atoms with van der Waals surface area (Å²) in [6, 6.07) is 4.90. The Morgan fingerprint density at radius 1 is 1.18 bits per heavy atom. The van der Waals surface area contributed by atoms with Gasteiger partial charge in [0.05, 0.1) is 29.7 Å². The Hall–Kier alpha value is -2.29. The summed E-state index contributed by atoms with van der Waals surface area (Å²) in [5.74, 6) is 0.196. The predicted molar refractivity (Wildman–Crippen MR) is 108 cm³/mol. The summed E-state index contributed by atoms with van der Waals surface area (Å²) in [6.07, 6.45) is 1.80. The molecule has 0 atom stereocenters. The number of nitrogens with zero attached hydrogens (tertiary/aromatic N) is 4. The van der Waals surface area contributed by atoms with Gasteiger partial charge in [0.25, 0.3) is 0 Å². The van der Waals surface area contributed by atoms with Gasteiger partial charge in [-0.05, 0) is 19.1 Å². The largest absolute Gasteiger partial charge is 0.497 e. The van der Waals surface area contributed by atoms with Crippen LogP contribution in [0.25, 0.3) is 11.3 Å². The summed E-state index contributed by atoms with van der Waals surface area (Å²) in [5.41, 5.74) is 3.42. The minimum absolute atomic E-state index is 0.312. The third kappa shape index (κ3) is 4.24. The highest BCUT2D eigenvalue weighted by atomic mass is 32.1. The number of methoxy groups -OCH3 is 1. The van der Waals surface area contributed by atoms with Crippen molar-refractivity contribution in [2.24, 2.45) is 0 Å². The first-order chi connectivity index (χ1) is 13.6. The van der Waals surface area contributed by atoms with E-state index in [4.69, 9.17) is 4.74 Å². The number of thiazole rings is 1. The molecule has 6 nitrogen and oxygen atoms in total. The molecule has 0 radical (unpaired) electrons. The van der Waals surface area contributed by atoms with Crippen LogP contribution in [0.15, 0.2) is 29.8 Å². The van der Waals surface area contributed by atoms with Crippen LogP contribution in [0.1, 0.15) is 16.3 Å². The van der Waals surface area contributed by atoms with E-state index >= 15 is 0 Å². The van der Waals surface area contributed by atoms with E-state index in [1.165, 1.54) is 13.2 Å². The standard InChI is InChI=1S/C20H24FN5OS/c1-14-23-16(13-28-14)12-26-7-5-25(6-8-26)11-15-10-22-24-20(15)18-4-3-17(27-2)9-19(18)21/h3-4,9-10,13H,5-8,11-12H2,1-2H3,(H,22,24). The molecule has 4 rings (SSSR count). The second-order valence-corrected chi connectivity index (χ2v) is 8.09. The fourth-order valence-corrected chi connectivity index (χ4v) is 4.15. The Morgan fingerprint density at radius 2 is 1.93 bits per heavy atom. The summed E-state index contributed by atoms with van der Waals surface area (Å²) in [7, 11) is 1.53. The van der Waals surface area contributed by atoms with Gasteiger partial charge < -0.3 is 4.74 Å². The van der Waals surface area contributed by atoms with E-state index < -0.39 is 0 Å². The molecule has 1 aliphatic rings. The van der Waals surface area contributed by atoms with Crippen LogP contribution < -0.4 is 4.74 Å². The van der Waals surface area contributed by atoms with Crippen LogP contribution >= 0.6 is 11.3 Å². The fraction of sp³-hybridized carbons (Fsp3) is 0.400. The maximum atomic E-state index is 14.5. The second-order valence-electron chi connectivity index (χ2n) is 7.03. The highest BCUT2D eigenvalue weighted by Gasteiger charge is 2.20. The van der Waals surface area contributed by atoms with Crippen LogP contribution in [0.2, 0.25) is 0 Å². The summed E-state index contributed by atoms with van der Waals surface area (Å²) in [5, 5.41) is 10.4. The zero-order valence-corrected chi connectivity index (χ0v) is 16.9. The Bertz CT molecular complexity index is 932. The van der Waals surface area contributed by atoms with Crippen LogP contribution in [0.3, 0.4) is 0 Å². The van der Waals surface area contributed by atoms with Gasteiger partial charge in [0.1, 0.15) is 11.6 Å². The number of nitrogens with one attached hydrogen (secondary N) is 1. The first-order valence-corrected chi connectivity index (χ1v) is 10.2. The molecule has 148 valence electrons. The van der Waals surface area contributed by atoms with E-state index in [0.717, 1.165) is 61.2 Å². The van der Waals surface area contributed by atoms with Gasteiger partial charge in [-0.1, -0.05) is 0 Å². The molecule has 2 aromatic heterocycles. The molecular formula is C20H24FN5OS. The number of hydrogen-bond donors (Lipinski definition) is 1. The van der Waals surface area contributed by atoms with Gasteiger partial charge in [-0.3, -0.25) is 14.9 Å². The number of H-pyrrole nitrogens is 1. The molecule has 0 amide bonds. The number of piperazine rings is 1. The van der Waals surface area contributed by atoms with Crippen molar-refractivity contribution in [2.45, 2.75) is 20.0 Å². The highest BCUT2D eigenvalue weighted by Crippen LogP contribution is 2.28. The molecule has 28 heavy (non-hydrogen) atoms. The van der Waals surface area contributed by atoms with Gasteiger partial charge >= 0.3 is 0 Å². The summed E-state index contributed by atoms with van der Waals surface area (Å²) in [6.45, 7) is 7.65. The van der Waals surface area contributed by atoms with E-state index in [0.29, 0.717) is 11.3 Å². The van der Waals surface area contributed by atoms with Crippen LogP contribution in [-0.2, 0) is 13.1 Å². The van der Waals surface area contributed by atoms with Crippen molar-refractivity contribution in [1.82, 2.24) is 25.0 Å². The molecule has 3 heterocycles. The molecule has 1 aromatic carbocycles. The lowest BCUT2D eigenvalue weighted by molar-refractivity contribution is 0.121. The SMILES string of the molecule is COc1ccc(-c2[nH]ncc2CN2CCN(Cc3csc(C)n3)CC2)c(F)c1. The lowest BCUT2D eigenvalue weighted by Gasteiger charge is -2.34. The number of hydrogen-bond acceptors (Lipinski definition) is 6. The minimum atomic E-state index is -0.312. The Balaban J connectivity index is 1.38. The molecule has 0 spiro atoms. The van der Waals surface area contributed by atoms with Crippen molar-refractivity contribution in [1.29, 1.82) is 0 Å². The first-order valence-electron chi connectivity index (χ1n) is 9.34. The average Bonchev–Trinajstić information content (AvgIpc) is 3.32. The molecule has 0 saturated carbocycles. The van der Waals surface area contributed by atoms with Crippen LogP contribution in [0.5, 0.6) is 5.75 Å². The molecular weight excluding hydrogens is 377 g/mol. The molecule has 0 bridgehead atoms. The molecule has 8 heteroatoms. The van der Waals surface area contributed by atoms with E-state index in [1.54, 1.807) is 29.7 Å². The van der Waals surface area contributed by atoms with Gasteiger partial charge in [0.2, 0.25) is 0 Å². The smallest absolute Gasteiger partial charge is 0.136 e. The summed E-state index contributed by atoms with van der Waals surface area (Å²) >= 11 is 1.70. The topological polar surface area (TPSA) is 57.3 Å². The van der Waals surface area contributed by atoms with Crippen molar-refractivity contribution in [3.63, 3.8) is 0 Å². The average molecular weight is 402 g/mol. The highest BCUT2D eigenvalue weighted by molar-refractivity contribution is 7.09.